The summed E-state index contributed by atoms with van der Waals surface area (Å²) < 4.78 is 5.25. The number of hydrogen-bond donors (Lipinski definition) is 1. The number of piperazine rings is 1. The van der Waals surface area contributed by atoms with Crippen LogP contribution in [0.2, 0.25) is 0 Å². The predicted molar refractivity (Wildman–Crippen MR) is 120 cm³/mol. The van der Waals surface area contributed by atoms with Gasteiger partial charge >= 0.3 is 0 Å². The predicted octanol–water partition coefficient (Wildman–Crippen LogP) is 1.88. The van der Waals surface area contributed by atoms with Crippen LogP contribution in [0.25, 0.3) is 0 Å². The van der Waals surface area contributed by atoms with Crippen LogP contribution in [0.15, 0.2) is 54.6 Å². The maximum absolute atomic E-state index is 12.8. The zero-order valence-electron chi connectivity index (χ0n) is 18.1. The number of nitrogens with zero attached hydrogens (tertiary/aromatic N) is 2. The minimum Gasteiger partial charge on any atom is -0.497 e. The first kappa shape index (κ1) is 20.7. The quantitative estimate of drug-likeness (QED) is 0.793. The summed E-state index contributed by atoms with van der Waals surface area (Å²) in [5.74, 6) is 1.93. The molecule has 160 valence electrons. The van der Waals surface area contributed by atoms with Crippen LogP contribution in [-0.2, 0) is 11.2 Å². The summed E-state index contributed by atoms with van der Waals surface area (Å²) in [5, 5.41) is 0. The third kappa shape index (κ3) is 5.33. The van der Waals surface area contributed by atoms with Gasteiger partial charge < -0.3 is 19.4 Å². The van der Waals surface area contributed by atoms with Crippen LogP contribution in [-0.4, -0.2) is 63.7 Å². The summed E-state index contributed by atoms with van der Waals surface area (Å²) in [6.45, 7) is 6.50. The van der Waals surface area contributed by atoms with E-state index in [1.807, 2.05) is 12.1 Å². The van der Waals surface area contributed by atoms with E-state index < -0.39 is 0 Å². The number of carbonyl (C=O) groups is 1. The van der Waals surface area contributed by atoms with Gasteiger partial charge in [0, 0.05) is 18.8 Å². The normalized spacial score (nSPS) is 18.4. The Hall–Kier alpha value is -2.53. The number of hydrogen-bond acceptors (Lipinski definition) is 3. The van der Waals surface area contributed by atoms with Crippen molar-refractivity contribution in [2.75, 3.05) is 57.8 Å². The van der Waals surface area contributed by atoms with E-state index in [-0.39, 0.29) is 0 Å². The fraction of sp³-hybridized carbons (Fsp3) is 0.480. The Morgan fingerprint density at radius 1 is 0.967 bits per heavy atom. The molecule has 30 heavy (non-hydrogen) atoms. The molecule has 2 heterocycles. The van der Waals surface area contributed by atoms with Crippen LogP contribution in [0.1, 0.15) is 18.4 Å². The molecular formula is C25H34N3O2+. The molecule has 5 nitrogen and oxygen atoms in total. The van der Waals surface area contributed by atoms with Crippen molar-refractivity contribution >= 4 is 11.6 Å². The van der Waals surface area contributed by atoms with E-state index in [1.54, 1.807) is 7.11 Å². The molecule has 4 rings (SSSR count). The SMILES string of the molecule is COc1ccc(N2CC[NH+](CC(=O)N3CCC(Cc4ccccc4)CC3)CC2)cc1. The number of carbonyl (C=O) groups excluding carboxylic acids is 1. The molecule has 2 saturated heterocycles. The van der Waals surface area contributed by atoms with Gasteiger partial charge in [0.1, 0.15) is 5.75 Å². The molecule has 0 unspecified atom stereocenters. The van der Waals surface area contributed by atoms with Crippen molar-refractivity contribution in [3.63, 3.8) is 0 Å². The van der Waals surface area contributed by atoms with Gasteiger partial charge in [0.25, 0.3) is 5.91 Å². The van der Waals surface area contributed by atoms with Gasteiger partial charge in [0.15, 0.2) is 6.54 Å². The van der Waals surface area contributed by atoms with Crippen molar-refractivity contribution in [2.45, 2.75) is 19.3 Å². The number of methoxy groups -OCH3 is 1. The second-order valence-corrected chi connectivity index (χ2v) is 8.63. The molecule has 0 aliphatic carbocycles. The number of piperidine rings is 1. The number of amides is 1. The maximum Gasteiger partial charge on any atom is 0.277 e. The molecule has 0 spiro atoms. The van der Waals surface area contributed by atoms with Gasteiger partial charge in [-0.1, -0.05) is 30.3 Å². The van der Waals surface area contributed by atoms with E-state index in [0.29, 0.717) is 18.4 Å². The summed E-state index contributed by atoms with van der Waals surface area (Å²) in [6, 6.07) is 19.0. The number of rotatable bonds is 6. The van der Waals surface area contributed by atoms with Gasteiger partial charge in [-0.15, -0.1) is 0 Å². The molecule has 2 aliphatic heterocycles. The summed E-state index contributed by atoms with van der Waals surface area (Å²) in [7, 11) is 1.69. The van der Waals surface area contributed by atoms with E-state index in [0.717, 1.165) is 64.3 Å². The number of ether oxygens (including phenoxy) is 1. The lowest BCUT2D eigenvalue weighted by Gasteiger charge is -2.36. The highest BCUT2D eigenvalue weighted by Crippen LogP contribution is 2.22. The molecule has 5 heteroatoms. The van der Waals surface area contributed by atoms with Crippen molar-refractivity contribution in [2.24, 2.45) is 5.92 Å². The smallest absolute Gasteiger partial charge is 0.277 e. The van der Waals surface area contributed by atoms with Crippen LogP contribution in [0.5, 0.6) is 5.75 Å². The minimum atomic E-state index is 0.334. The van der Waals surface area contributed by atoms with Crippen LogP contribution in [0.4, 0.5) is 5.69 Å². The standard InChI is InChI=1S/C25H33N3O2/c1-30-24-9-7-23(8-10-24)27-17-15-26(16-18-27)20-25(29)28-13-11-22(12-14-28)19-21-5-3-2-4-6-21/h2-10,22H,11-20H2,1H3/p+1. The fourth-order valence-corrected chi connectivity index (χ4v) is 4.71. The van der Waals surface area contributed by atoms with Crippen molar-refractivity contribution in [3.8, 4) is 5.75 Å². The second kappa shape index (κ2) is 9.98. The molecule has 0 bridgehead atoms. The van der Waals surface area contributed by atoms with Gasteiger partial charge in [-0.2, -0.15) is 0 Å². The largest absolute Gasteiger partial charge is 0.497 e. The molecule has 2 aliphatic rings. The summed E-state index contributed by atoms with van der Waals surface area (Å²) in [5.41, 5.74) is 2.66. The summed E-state index contributed by atoms with van der Waals surface area (Å²) >= 11 is 0. The fourth-order valence-electron chi connectivity index (χ4n) is 4.71. The second-order valence-electron chi connectivity index (χ2n) is 8.63. The first-order valence-electron chi connectivity index (χ1n) is 11.3. The Morgan fingerprint density at radius 2 is 1.63 bits per heavy atom. The zero-order chi connectivity index (χ0) is 20.8. The zero-order valence-corrected chi connectivity index (χ0v) is 18.1. The number of nitrogens with one attached hydrogen (secondary N) is 1. The van der Waals surface area contributed by atoms with Gasteiger partial charge in [0.05, 0.1) is 33.3 Å². The monoisotopic (exact) mass is 408 g/mol. The lowest BCUT2D eigenvalue weighted by Crippen LogP contribution is -3.16. The molecule has 2 fully saturated rings. The average molecular weight is 409 g/mol. The lowest BCUT2D eigenvalue weighted by molar-refractivity contribution is -0.892. The minimum absolute atomic E-state index is 0.334. The maximum atomic E-state index is 12.8. The van der Waals surface area contributed by atoms with E-state index in [4.69, 9.17) is 4.74 Å². The Bertz CT molecular complexity index is 793. The number of likely N-dealkylation sites (tertiary alicyclic amines) is 1. The first-order chi connectivity index (χ1) is 14.7. The van der Waals surface area contributed by atoms with Crippen molar-refractivity contribution in [3.05, 3.63) is 60.2 Å². The van der Waals surface area contributed by atoms with Crippen molar-refractivity contribution < 1.29 is 14.4 Å². The van der Waals surface area contributed by atoms with Gasteiger partial charge in [0.2, 0.25) is 0 Å². The molecular weight excluding hydrogens is 374 g/mol. The molecule has 2 aromatic carbocycles. The molecule has 1 N–H and O–H groups in total. The summed E-state index contributed by atoms with van der Waals surface area (Å²) in [6.07, 6.45) is 3.39. The van der Waals surface area contributed by atoms with Gasteiger partial charge in [-0.3, -0.25) is 4.79 Å². The van der Waals surface area contributed by atoms with E-state index >= 15 is 0 Å². The van der Waals surface area contributed by atoms with Gasteiger partial charge in [-0.25, -0.2) is 0 Å². The Labute approximate surface area is 180 Å². The summed E-state index contributed by atoms with van der Waals surface area (Å²) in [4.78, 5) is 18.8. The van der Waals surface area contributed by atoms with Crippen LogP contribution >= 0.6 is 0 Å². The third-order valence-electron chi connectivity index (χ3n) is 6.64. The van der Waals surface area contributed by atoms with Crippen LogP contribution in [0, 0.1) is 5.92 Å². The number of anilines is 1. The Kier molecular flexibility index (Phi) is 6.90. The van der Waals surface area contributed by atoms with Crippen LogP contribution in [0.3, 0.4) is 0 Å². The number of benzene rings is 2. The molecule has 0 atom stereocenters. The topological polar surface area (TPSA) is 37.2 Å². The highest BCUT2D eigenvalue weighted by molar-refractivity contribution is 5.77. The van der Waals surface area contributed by atoms with E-state index in [9.17, 15) is 4.79 Å². The van der Waals surface area contributed by atoms with Gasteiger partial charge in [-0.05, 0) is 55.0 Å². The highest BCUT2D eigenvalue weighted by Gasteiger charge is 2.27. The molecule has 0 saturated carbocycles. The molecule has 0 radical (unpaired) electrons. The molecule has 1 amide bonds. The molecule has 2 aromatic rings. The van der Waals surface area contributed by atoms with E-state index in [2.05, 4.69) is 52.3 Å². The first-order valence-corrected chi connectivity index (χ1v) is 11.3. The third-order valence-corrected chi connectivity index (χ3v) is 6.64. The number of quaternary nitrogens is 1. The average Bonchev–Trinajstić information content (AvgIpc) is 2.81. The van der Waals surface area contributed by atoms with Crippen molar-refractivity contribution in [1.29, 1.82) is 0 Å². The van der Waals surface area contributed by atoms with Crippen molar-refractivity contribution in [1.82, 2.24) is 4.90 Å². The Balaban J connectivity index is 1.19. The molecule has 0 aromatic heterocycles. The van der Waals surface area contributed by atoms with Crippen LogP contribution < -0.4 is 14.5 Å². The lowest BCUT2D eigenvalue weighted by atomic mass is 9.90. The highest BCUT2D eigenvalue weighted by atomic mass is 16.5. The Morgan fingerprint density at radius 3 is 2.27 bits per heavy atom. The van der Waals surface area contributed by atoms with E-state index in [1.165, 1.54) is 16.2 Å².